The molecule has 5 nitrogen and oxygen atoms in total. The molecule has 1 aromatic rings. The molecule has 0 aromatic heterocycles. The Morgan fingerprint density at radius 3 is 2.78 bits per heavy atom. The van der Waals surface area contributed by atoms with Gasteiger partial charge in [-0.1, -0.05) is 12.1 Å². The fourth-order valence-electron chi connectivity index (χ4n) is 1.92. The van der Waals surface area contributed by atoms with Gasteiger partial charge in [0.1, 0.15) is 5.75 Å². The Balaban J connectivity index is 2.21. The minimum Gasteiger partial charge on any atom is -0.508 e. The molecule has 2 N–H and O–H groups in total. The van der Waals surface area contributed by atoms with E-state index in [-0.39, 0.29) is 30.7 Å². The first-order valence-corrected chi connectivity index (χ1v) is 5.78. The van der Waals surface area contributed by atoms with Crippen molar-refractivity contribution in [2.45, 2.75) is 25.9 Å². The molecule has 2 amide bonds. The van der Waals surface area contributed by atoms with Crippen LogP contribution in [0.4, 0.5) is 0 Å². The van der Waals surface area contributed by atoms with E-state index in [2.05, 4.69) is 5.32 Å². The monoisotopic (exact) mass is 248 g/mol. The van der Waals surface area contributed by atoms with Crippen molar-refractivity contribution in [1.82, 2.24) is 10.2 Å². The van der Waals surface area contributed by atoms with Crippen LogP contribution >= 0.6 is 0 Å². The van der Waals surface area contributed by atoms with Gasteiger partial charge < -0.3 is 5.11 Å². The van der Waals surface area contributed by atoms with Gasteiger partial charge in [-0.15, -0.1) is 0 Å². The predicted octanol–water partition coefficient (Wildman–Crippen LogP) is 0.629. The first-order valence-electron chi connectivity index (χ1n) is 5.78. The number of carbonyl (C=O) groups excluding carboxylic acids is 2. The molecule has 1 aliphatic heterocycles. The third-order valence-electron chi connectivity index (χ3n) is 3.01. The van der Waals surface area contributed by atoms with Crippen molar-refractivity contribution in [2.24, 2.45) is 0 Å². The number of rotatable bonds is 2. The van der Waals surface area contributed by atoms with Gasteiger partial charge in [0, 0.05) is 0 Å². The first kappa shape index (κ1) is 12.6. The van der Waals surface area contributed by atoms with Crippen molar-refractivity contribution in [3.8, 4) is 5.75 Å². The van der Waals surface area contributed by atoms with Crippen molar-refractivity contribution in [2.75, 3.05) is 6.54 Å². The van der Waals surface area contributed by atoms with Gasteiger partial charge in [0.05, 0.1) is 18.6 Å². The van der Waals surface area contributed by atoms with Crippen molar-refractivity contribution in [3.05, 3.63) is 29.8 Å². The molecule has 0 aliphatic carbocycles. The molecule has 0 spiro atoms. The Morgan fingerprint density at radius 2 is 2.11 bits per heavy atom. The van der Waals surface area contributed by atoms with Crippen LogP contribution in [0.5, 0.6) is 5.75 Å². The summed E-state index contributed by atoms with van der Waals surface area (Å²) in [5, 5.41) is 12.3. The average Bonchev–Trinajstić information content (AvgIpc) is 2.31. The standard InChI is InChI=1S/C13H16N2O3/c1-13(2)12(18)15(11(17)7-14-13)8-9-4-3-5-10(16)6-9/h3-6,14,16H,7-8H2,1-2H3. The van der Waals surface area contributed by atoms with Gasteiger partial charge in [0.25, 0.3) is 0 Å². The van der Waals surface area contributed by atoms with E-state index in [9.17, 15) is 14.7 Å². The summed E-state index contributed by atoms with van der Waals surface area (Å²) in [5.41, 5.74) is -0.000488. The fourth-order valence-corrected chi connectivity index (χ4v) is 1.92. The van der Waals surface area contributed by atoms with Crippen LogP contribution < -0.4 is 5.32 Å². The van der Waals surface area contributed by atoms with Crippen molar-refractivity contribution in [1.29, 1.82) is 0 Å². The fraction of sp³-hybridized carbons (Fsp3) is 0.385. The molecule has 0 bridgehead atoms. The number of piperazine rings is 1. The van der Waals surface area contributed by atoms with E-state index in [1.807, 2.05) is 0 Å². The molecule has 2 rings (SSSR count). The van der Waals surface area contributed by atoms with Crippen molar-refractivity contribution in [3.63, 3.8) is 0 Å². The van der Waals surface area contributed by atoms with Gasteiger partial charge in [-0.05, 0) is 31.5 Å². The molecule has 1 heterocycles. The molecule has 1 aromatic carbocycles. The van der Waals surface area contributed by atoms with Crippen LogP contribution in [-0.4, -0.2) is 33.9 Å². The molecule has 0 unspecified atom stereocenters. The van der Waals surface area contributed by atoms with Gasteiger partial charge in [0.2, 0.25) is 11.8 Å². The van der Waals surface area contributed by atoms with E-state index >= 15 is 0 Å². The number of hydrogen-bond acceptors (Lipinski definition) is 4. The van der Waals surface area contributed by atoms with Gasteiger partial charge in [-0.25, -0.2) is 0 Å². The molecular weight excluding hydrogens is 232 g/mol. The molecule has 0 atom stereocenters. The van der Waals surface area contributed by atoms with E-state index in [4.69, 9.17) is 0 Å². The highest BCUT2D eigenvalue weighted by molar-refractivity contribution is 6.02. The summed E-state index contributed by atoms with van der Waals surface area (Å²) in [6.45, 7) is 3.84. The maximum Gasteiger partial charge on any atom is 0.249 e. The van der Waals surface area contributed by atoms with Gasteiger partial charge in [0.15, 0.2) is 0 Å². The minimum atomic E-state index is -0.731. The Bertz CT molecular complexity index is 497. The number of benzene rings is 1. The number of phenols is 1. The zero-order valence-electron chi connectivity index (χ0n) is 10.4. The molecular formula is C13H16N2O3. The van der Waals surface area contributed by atoms with Crippen LogP contribution in [-0.2, 0) is 16.1 Å². The topological polar surface area (TPSA) is 69.6 Å². The smallest absolute Gasteiger partial charge is 0.249 e. The minimum absolute atomic E-state index is 0.127. The molecule has 0 radical (unpaired) electrons. The largest absolute Gasteiger partial charge is 0.508 e. The lowest BCUT2D eigenvalue weighted by Crippen LogP contribution is -2.63. The highest BCUT2D eigenvalue weighted by Gasteiger charge is 2.39. The average molecular weight is 248 g/mol. The van der Waals surface area contributed by atoms with Crippen LogP contribution in [0.15, 0.2) is 24.3 Å². The maximum absolute atomic E-state index is 12.1. The Labute approximate surface area is 105 Å². The van der Waals surface area contributed by atoms with Crippen LogP contribution in [0, 0.1) is 0 Å². The summed E-state index contributed by atoms with van der Waals surface area (Å²) < 4.78 is 0. The number of imide groups is 1. The number of aromatic hydroxyl groups is 1. The lowest BCUT2D eigenvalue weighted by atomic mass is 10.00. The Hall–Kier alpha value is -1.88. The summed E-state index contributed by atoms with van der Waals surface area (Å²) in [6, 6.07) is 6.56. The molecule has 5 heteroatoms. The van der Waals surface area contributed by atoms with Gasteiger partial charge >= 0.3 is 0 Å². The maximum atomic E-state index is 12.1. The number of nitrogens with zero attached hydrogens (tertiary/aromatic N) is 1. The van der Waals surface area contributed by atoms with E-state index in [1.165, 1.54) is 4.90 Å². The third-order valence-corrected chi connectivity index (χ3v) is 3.01. The highest BCUT2D eigenvalue weighted by Crippen LogP contribution is 2.18. The molecule has 1 saturated heterocycles. The zero-order chi connectivity index (χ0) is 13.3. The Kier molecular flexibility index (Phi) is 3.09. The number of hydrogen-bond donors (Lipinski definition) is 2. The van der Waals surface area contributed by atoms with E-state index < -0.39 is 5.54 Å². The van der Waals surface area contributed by atoms with Crippen LogP contribution in [0.2, 0.25) is 0 Å². The zero-order valence-corrected chi connectivity index (χ0v) is 10.4. The van der Waals surface area contributed by atoms with E-state index in [1.54, 1.807) is 38.1 Å². The van der Waals surface area contributed by atoms with E-state index in [0.29, 0.717) is 0 Å². The van der Waals surface area contributed by atoms with Crippen LogP contribution in [0.3, 0.4) is 0 Å². The number of amides is 2. The molecule has 18 heavy (non-hydrogen) atoms. The first-order chi connectivity index (χ1) is 8.40. The number of phenolic OH excluding ortho intramolecular Hbond substituents is 1. The second kappa shape index (κ2) is 4.42. The second-order valence-corrected chi connectivity index (χ2v) is 4.93. The lowest BCUT2D eigenvalue weighted by Gasteiger charge is -2.36. The SMILES string of the molecule is CC1(C)NCC(=O)N(Cc2cccc(O)c2)C1=O. The summed E-state index contributed by atoms with van der Waals surface area (Å²) in [4.78, 5) is 25.1. The van der Waals surface area contributed by atoms with Crippen LogP contribution in [0.25, 0.3) is 0 Å². The summed E-state index contributed by atoms with van der Waals surface area (Å²) in [6.07, 6.45) is 0. The van der Waals surface area contributed by atoms with Crippen molar-refractivity contribution < 1.29 is 14.7 Å². The van der Waals surface area contributed by atoms with E-state index in [0.717, 1.165) is 5.56 Å². The van der Waals surface area contributed by atoms with Gasteiger partial charge in [-0.3, -0.25) is 19.8 Å². The summed E-state index contributed by atoms with van der Waals surface area (Å²) in [7, 11) is 0. The molecule has 1 aliphatic rings. The quantitative estimate of drug-likeness (QED) is 0.753. The molecule has 0 saturated carbocycles. The summed E-state index contributed by atoms with van der Waals surface area (Å²) >= 11 is 0. The predicted molar refractivity (Wildman–Crippen MR) is 65.7 cm³/mol. The molecule has 96 valence electrons. The number of carbonyl (C=O) groups is 2. The number of nitrogens with one attached hydrogen (secondary N) is 1. The highest BCUT2D eigenvalue weighted by atomic mass is 16.3. The third kappa shape index (κ3) is 2.36. The Morgan fingerprint density at radius 1 is 1.39 bits per heavy atom. The lowest BCUT2D eigenvalue weighted by molar-refractivity contribution is -0.153. The van der Waals surface area contributed by atoms with Gasteiger partial charge in [-0.2, -0.15) is 0 Å². The molecule has 1 fully saturated rings. The van der Waals surface area contributed by atoms with Crippen molar-refractivity contribution >= 4 is 11.8 Å². The van der Waals surface area contributed by atoms with Crippen LogP contribution in [0.1, 0.15) is 19.4 Å². The summed E-state index contributed by atoms with van der Waals surface area (Å²) in [5.74, 6) is -0.369. The normalized spacial score (nSPS) is 19.1. The second-order valence-electron chi connectivity index (χ2n) is 4.93.